The van der Waals surface area contributed by atoms with E-state index in [0.717, 1.165) is 11.3 Å². The zero-order chi connectivity index (χ0) is 11.6. The van der Waals surface area contributed by atoms with Gasteiger partial charge in [0.25, 0.3) is 0 Å². The molecule has 0 fully saturated rings. The first kappa shape index (κ1) is 11.7. The van der Waals surface area contributed by atoms with Crippen LogP contribution in [-0.2, 0) is 4.74 Å². The van der Waals surface area contributed by atoms with Crippen LogP contribution < -0.4 is 5.73 Å². The van der Waals surface area contributed by atoms with Crippen molar-refractivity contribution in [3.63, 3.8) is 0 Å². The highest BCUT2D eigenvalue weighted by atomic mass is 127. The number of hydrogen-bond acceptors (Lipinski definition) is 2. The van der Waals surface area contributed by atoms with Gasteiger partial charge in [-0.25, -0.2) is 0 Å². The van der Waals surface area contributed by atoms with Crippen LogP contribution >= 0.6 is 22.6 Å². The van der Waals surface area contributed by atoms with Crippen LogP contribution in [-0.4, -0.2) is 10.7 Å². The van der Waals surface area contributed by atoms with Gasteiger partial charge in [-0.2, -0.15) is 0 Å². The Labute approximate surface area is 109 Å². The minimum absolute atomic E-state index is 0.157. The van der Waals surface area contributed by atoms with Crippen molar-refractivity contribution in [2.75, 3.05) is 12.8 Å². The number of anilines is 1. The average molecular weight is 327 g/mol. The van der Waals surface area contributed by atoms with Gasteiger partial charge < -0.3 is 10.5 Å². The first-order valence-electron chi connectivity index (χ1n) is 5.12. The van der Waals surface area contributed by atoms with E-state index in [1.807, 2.05) is 30.4 Å². The summed E-state index contributed by atoms with van der Waals surface area (Å²) >= 11 is 2.32. The number of hydrogen-bond donors (Lipinski definition) is 1. The second-order valence-electron chi connectivity index (χ2n) is 3.75. The van der Waals surface area contributed by atoms with Crippen LogP contribution in [0.3, 0.4) is 0 Å². The summed E-state index contributed by atoms with van der Waals surface area (Å²) in [6.45, 7) is 0. The van der Waals surface area contributed by atoms with E-state index < -0.39 is 0 Å². The topological polar surface area (TPSA) is 35.2 Å². The number of para-hydroxylation sites is 1. The molecule has 2 nitrogen and oxygen atoms in total. The van der Waals surface area contributed by atoms with Gasteiger partial charge in [-0.15, -0.1) is 0 Å². The lowest BCUT2D eigenvalue weighted by atomic mass is 9.89. The van der Waals surface area contributed by atoms with E-state index in [4.69, 9.17) is 10.5 Å². The Hall–Kier alpha value is -0.810. The molecule has 1 aliphatic rings. The van der Waals surface area contributed by atoms with Crippen LogP contribution in [0.1, 0.15) is 11.5 Å². The number of alkyl halides is 1. The maximum Gasteiger partial charge on any atom is 0.147 e. The molecule has 0 radical (unpaired) electrons. The summed E-state index contributed by atoms with van der Waals surface area (Å²) in [6.07, 6.45) is 8.23. The van der Waals surface area contributed by atoms with Crippen molar-refractivity contribution < 1.29 is 4.74 Å². The standard InChI is InChI=1S/C13H14INO/c1-16-13(14)9-5-4-7-11(13)10-6-2-3-8-12(10)15/h2-9,11H,15H2,1H3. The van der Waals surface area contributed by atoms with Crippen molar-refractivity contribution >= 4 is 28.3 Å². The maximum atomic E-state index is 6.01. The molecular weight excluding hydrogens is 313 g/mol. The number of nitrogen functional groups attached to an aromatic ring is 1. The second-order valence-corrected chi connectivity index (χ2v) is 5.44. The quantitative estimate of drug-likeness (QED) is 0.514. The Kier molecular flexibility index (Phi) is 3.35. The van der Waals surface area contributed by atoms with E-state index >= 15 is 0 Å². The number of benzene rings is 1. The second kappa shape index (κ2) is 4.59. The van der Waals surface area contributed by atoms with E-state index in [1.54, 1.807) is 7.11 Å². The lowest BCUT2D eigenvalue weighted by Crippen LogP contribution is -2.30. The fourth-order valence-corrected chi connectivity index (χ4v) is 2.65. The molecule has 0 aromatic heterocycles. The zero-order valence-corrected chi connectivity index (χ0v) is 11.2. The zero-order valence-electron chi connectivity index (χ0n) is 9.06. The first-order valence-corrected chi connectivity index (χ1v) is 6.20. The van der Waals surface area contributed by atoms with Crippen LogP contribution in [0.25, 0.3) is 0 Å². The van der Waals surface area contributed by atoms with Crippen molar-refractivity contribution in [1.29, 1.82) is 0 Å². The number of rotatable bonds is 2. The van der Waals surface area contributed by atoms with E-state index in [0.29, 0.717) is 0 Å². The van der Waals surface area contributed by atoms with Crippen LogP contribution in [0, 0.1) is 0 Å². The Morgan fingerprint density at radius 3 is 2.75 bits per heavy atom. The summed E-state index contributed by atoms with van der Waals surface area (Å²) in [6, 6.07) is 7.93. The van der Waals surface area contributed by atoms with Crippen LogP contribution in [0.5, 0.6) is 0 Å². The average Bonchev–Trinajstić information content (AvgIpc) is 2.31. The Morgan fingerprint density at radius 1 is 1.31 bits per heavy atom. The van der Waals surface area contributed by atoms with Gasteiger partial charge in [-0.3, -0.25) is 0 Å². The molecule has 1 aromatic rings. The number of halogens is 1. The molecule has 0 heterocycles. The lowest BCUT2D eigenvalue weighted by molar-refractivity contribution is 0.113. The molecule has 0 saturated carbocycles. The molecule has 0 aliphatic heterocycles. The molecule has 2 N–H and O–H groups in total. The van der Waals surface area contributed by atoms with Crippen molar-refractivity contribution in [2.24, 2.45) is 0 Å². The molecule has 2 unspecified atom stereocenters. The van der Waals surface area contributed by atoms with Gasteiger partial charge in [0.05, 0.1) is 0 Å². The number of nitrogens with two attached hydrogens (primary N) is 1. The summed E-state index contributed by atoms with van der Waals surface area (Å²) in [4.78, 5) is 0. The summed E-state index contributed by atoms with van der Waals surface area (Å²) < 4.78 is 5.25. The van der Waals surface area contributed by atoms with Gasteiger partial charge >= 0.3 is 0 Å². The molecular formula is C13H14INO. The minimum Gasteiger partial charge on any atom is -0.398 e. The normalized spacial score (nSPS) is 28.2. The van der Waals surface area contributed by atoms with Crippen molar-refractivity contribution in [2.45, 2.75) is 9.53 Å². The third kappa shape index (κ3) is 2.01. The predicted molar refractivity (Wildman–Crippen MR) is 75.6 cm³/mol. The Balaban J connectivity index is 2.44. The van der Waals surface area contributed by atoms with E-state index in [2.05, 4.69) is 40.8 Å². The lowest BCUT2D eigenvalue weighted by Gasteiger charge is -2.32. The molecule has 2 rings (SSSR count). The molecule has 16 heavy (non-hydrogen) atoms. The van der Waals surface area contributed by atoms with Crippen molar-refractivity contribution in [3.8, 4) is 0 Å². The van der Waals surface area contributed by atoms with Gasteiger partial charge in [0.15, 0.2) is 0 Å². The summed E-state index contributed by atoms with van der Waals surface area (Å²) in [5.41, 5.74) is 7.93. The monoisotopic (exact) mass is 327 g/mol. The SMILES string of the molecule is COC1(I)C=CC=CC1c1ccccc1N. The number of allylic oxidation sites excluding steroid dienone is 2. The van der Waals surface area contributed by atoms with E-state index in [1.165, 1.54) is 0 Å². The third-order valence-electron chi connectivity index (χ3n) is 2.81. The Bertz CT molecular complexity index is 441. The van der Waals surface area contributed by atoms with Gasteiger partial charge in [0.2, 0.25) is 0 Å². The van der Waals surface area contributed by atoms with E-state index in [-0.39, 0.29) is 9.53 Å². The molecule has 1 aliphatic carbocycles. The summed E-state index contributed by atoms with van der Waals surface area (Å²) in [7, 11) is 1.72. The maximum absolute atomic E-state index is 6.01. The molecule has 0 spiro atoms. The van der Waals surface area contributed by atoms with Crippen LogP contribution in [0.15, 0.2) is 48.6 Å². The van der Waals surface area contributed by atoms with E-state index in [9.17, 15) is 0 Å². The molecule has 1 aromatic carbocycles. The van der Waals surface area contributed by atoms with Gasteiger partial charge in [-0.1, -0.05) is 36.4 Å². The molecule has 0 bridgehead atoms. The van der Waals surface area contributed by atoms with Gasteiger partial charge in [-0.05, 0) is 40.3 Å². The number of methoxy groups -OCH3 is 1. The summed E-state index contributed by atoms with van der Waals surface area (Å²) in [5.74, 6) is 0.157. The van der Waals surface area contributed by atoms with Crippen molar-refractivity contribution in [1.82, 2.24) is 0 Å². The Morgan fingerprint density at radius 2 is 2.06 bits per heavy atom. The first-order chi connectivity index (χ1) is 7.67. The fraction of sp³-hybridized carbons (Fsp3) is 0.231. The largest absolute Gasteiger partial charge is 0.398 e. The van der Waals surface area contributed by atoms with Gasteiger partial charge in [0.1, 0.15) is 3.61 Å². The number of ether oxygens (including phenoxy) is 1. The summed E-state index contributed by atoms with van der Waals surface area (Å²) in [5, 5.41) is 0. The highest BCUT2D eigenvalue weighted by Crippen LogP contribution is 2.42. The highest BCUT2D eigenvalue weighted by molar-refractivity contribution is 14.1. The molecule has 84 valence electrons. The van der Waals surface area contributed by atoms with Gasteiger partial charge in [0, 0.05) is 18.7 Å². The molecule has 3 heteroatoms. The minimum atomic E-state index is -0.345. The third-order valence-corrected chi connectivity index (χ3v) is 4.28. The molecule has 2 atom stereocenters. The molecule has 0 amide bonds. The van der Waals surface area contributed by atoms with Crippen LogP contribution in [0.2, 0.25) is 0 Å². The smallest absolute Gasteiger partial charge is 0.147 e. The van der Waals surface area contributed by atoms with Crippen molar-refractivity contribution in [3.05, 3.63) is 54.1 Å². The van der Waals surface area contributed by atoms with Crippen LogP contribution in [0.4, 0.5) is 5.69 Å². The highest BCUT2D eigenvalue weighted by Gasteiger charge is 2.35. The molecule has 0 saturated heterocycles. The fourth-order valence-electron chi connectivity index (χ4n) is 1.90. The predicted octanol–water partition coefficient (Wildman–Crippen LogP) is 3.26.